The number of hydrogen-bond acceptors (Lipinski definition) is 3. The zero-order chi connectivity index (χ0) is 11.0. The molecule has 1 aromatic rings. The average molecular weight is 273 g/mol. The smallest absolute Gasteiger partial charge is 0.0739 e. The van der Waals surface area contributed by atoms with Gasteiger partial charge < -0.3 is 5.73 Å². The van der Waals surface area contributed by atoms with Gasteiger partial charge >= 0.3 is 0 Å². The highest BCUT2D eigenvalue weighted by Gasteiger charge is 2.25. The van der Waals surface area contributed by atoms with Crippen LogP contribution in [0.1, 0.15) is 18.3 Å². The number of hydrogen-bond donors (Lipinski definition) is 1. The molecule has 4 nitrogen and oxygen atoms in total. The average Bonchev–Trinajstić information content (AvgIpc) is 2.43. The van der Waals surface area contributed by atoms with Gasteiger partial charge in [-0.25, -0.2) is 0 Å². The Morgan fingerprint density at radius 1 is 1.53 bits per heavy atom. The minimum absolute atomic E-state index is 0.364. The van der Waals surface area contributed by atoms with Crippen LogP contribution in [-0.4, -0.2) is 33.8 Å². The van der Waals surface area contributed by atoms with Crippen molar-refractivity contribution in [3.8, 4) is 0 Å². The maximum Gasteiger partial charge on any atom is 0.0739 e. The fraction of sp³-hybridized carbons (Fsp3) is 0.700. The normalized spacial score (nSPS) is 18.1. The van der Waals surface area contributed by atoms with E-state index in [1.54, 1.807) is 0 Å². The summed E-state index contributed by atoms with van der Waals surface area (Å²) in [7, 11) is 0. The molecular formula is C10H17BrN4. The van der Waals surface area contributed by atoms with Gasteiger partial charge in [0.25, 0.3) is 0 Å². The lowest BCUT2D eigenvalue weighted by Gasteiger charge is -2.36. The molecule has 1 aromatic heterocycles. The number of nitrogens with zero attached hydrogens (tertiary/aromatic N) is 3. The molecule has 0 spiro atoms. The largest absolute Gasteiger partial charge is 0.325 e. The zero-order valence-electron chi connectivity index (χ0n) is 9.20. The molecule has 2 N–H and O–H groups in total. The van der Waals surface area contributed by atoms with Gasteiger partial charge in [0, 0.05) is 32.2 Å². The van der Waals surface area contributed by atoms with Gasteiger partial charge in [0.2, 0.25) is 0 Å². The molecule has 0 bridgehead atoms. The molecule has 84 valence electrons. The lowest BCUT2D eigenvalue weighted by molar-refractivity contribution is 0.138. The summed E-state index contributed by atoms with van der Waals surface area (Å²) in [4.78, 5) is 2.35. The molecule has 0 aliphatic carbocycles. The Hall–Kier alpha value is -0.390. The Morgan fingerprint density at radius 2 is 2.20 bits per heavy atom. The monoisotopic (exact) mass is 272 g/mol. The van der Waals surface area contributed by atoms with Crippen LogP contribution in [0.25, 0.3) is 0 Å². The highest BCUT2D eigenvalue weighted by atomic mass is 79.9. The standard InChI is InChI=1S/C10H17BrN4/c1-3-15-9(10(11)7(2)13-15)6-14-4-8(12)5-14/h8H,3-6,12H2,1-2H3. The lowest BCUT2D eigenvalue weighted by Crippen LogP contribution is -2.55. The first-order chi connectivity index (χ1) is 7.11. The summed E-state index contributed by atoms with van der Waals surface area (Å²) in [5, 5.41) is 4.47. The maximum atomic E-state index is 5.76. The highest BCUT2D eigenvalue weighted by molar-refractivity contribution is 9.10. The second-order valence-corrected chi connectivity index (χ2v) is 4.91. The van der Waals surface area contributed by atoms with Crippen LogP contribution in [-0.2, 0) is 13.1 Å². The Balaban J connectivity index is 2.12. The van der Waals surface area contributed by atoms with E-state index in [0.29, 0.717) is 6.04 Å². The number of nitrogens with two attached hydrogens (primary N) is 1. The molecule has 0 radical (unpaired) electrons. The summed E-state index contributed by atoms with van der Waals surface area (Å²) in [5.74, 6) is 0. The van der Waals surface area contributed by atoms with Gasteiger partial charge in [0.15, 0.2) is 0 Å². The number of aryl methyl sites for hydroxylation is 2. The lowest BCUT2D eigenvalue weighted by atomic mass is 10.1. The van der Waals surface area contributed by atoms with Gasteiger partial charge in [0.1, 0.15) is 0 Å². The molecular weight excluding hydrogens is 256 g/mol. The third-order valence-electron chi connectivity index (χ3n) is 2.81. The molecule has 0 unspecified atom stereocenters. The van der Waals surface area contributed by atoms with E-state index in [0.717, 1.165) is 36.3 Å². The number of likely N-dealkylation sites (tertiary alicyclic amines) is 1. The number of halogens is 1. The third-order valence-corrected chi connectivity index (χ3v) is 3.84. The predicted molar refractivity (Wildman–Crippen MR) is 63.6 cm³/mol. The van der Waals surface area contributed by atoms with E-state index in [2.05, 4.69) is 37.5 Å². The van der Waals surface area contributed by atoms with Crippen LogP contribution in [0.15, 0.2) is 4.47 Å². The summed E-state index contributed by atoms with van der Waals surface area (Å²) in [5.41, 5.74) is 8.09. The van der Waals surface area contributed by atoms with E-state index in [1.807, 2.05) is 6.92 Å². The van der Waals surface area contributed by atoms with Crippen molar-refractivity contribution in [3.63, 3.8) is 0 Å². The van der Waals surface area contributed by atoms with E-state index in [1.165, 1.54) is 5.69 Å². The van der Waals surface area contributed by atoms with Gasteiger partial charge in [-0.05, 0) is 29.8 Å². The first-order valence-electron chi connectivity index (χ1n) is 5.31. The van der Waals surface area contributed by atoms with E-state index >= 15 is 0 Å². The Labute approximate surface area is 98.6 Å². The molecule has 0 saturated carbocycles. The van der Waals surface area contributed by atoms with Crippen LogP contribution in [0.3, 0.4) is 0 Å². The van der Waals surface area contributed by atoms with Gasteiger partial charge in [-0.1, -0.05) is 0 Å². The molecule has 1 fully saturated rings. The molecule has 0 atom stereocenters. The minimum Gasteiger partial charge on any atom is -0.325 e. The summed E-state index contributed by atoms with van der Waals surface area (Å²) < 4.78 is 3.20. The summed E-state index contributed by atoms with van der Waals surface area (Å²) in [6.07, 6.45) is 0. The fourth-order valence-corrected chi connectivity index (χ4v) is 2.38. The van der Waals surface area contributed by atoms with E-state index in [4.69, 9.17) is 5.73 Å². The van der Waals surface area contributed by atoms with E-state index < -0.39 is 0 Å². The number of rotatable bonds is 3. The van der Waals surface area contributed by atoms with Crippen molar-refractivity contribution in [1.82, 2.24) is 14.7 Å². The molecule has 2 heterocycles. The summed E-state index contributed by atoms with van der Waals surface area (Å²) >= 11 is 3.60. The van der Waals surface area contributed by atoms with Crippen LogP contribution < -0.4 is 5.73 Å². The molecule has 1 saturated heterocycles. The zero-order valence-corrected chi connectivity index (χ0v) is 10.8. The first kappa shape index (κ1) is 11.1. The quantitative estimate of drug-likeness (QED) is 0.897. The highest BCUT2D eigenvalue weighted by Crippen LogP contribution is 2.23. The fourth-order valence-electron chi connectivity index (χ4n) is 1.97. The van der Waals surface area contributed by atoms with Crippen molar-refractivity contribution >= 4 is 15.9 Å². The molecule has 15 heavy (non-hydrogen) atoms. The van der Waals surface area contributed by atoms with Gasteiger partial charge in [-0.2, -0.15) is 5.10 Å². The predicted octanol–water partition coefficient (Wildman–Crippen LogP) is 1.12. The molecule has 5 heteroatoms. The molecule has 0 aromatic carbocycles. The molecule has 1 aliphatic heterocycles. The van der Waals surface area contributed by atoms with Crippen molar-refractivity contribution in [3.05, 3.63) is 15.9 Å². The van der Waals surface area contributed by atoms with Gasteiger partial charge in [-0.15, -0.1) is 0 Å². The first-order valence-corrected chi connectivity index (χ1v) is 6.10. The van der Waals surface area contributed by atoms with Crippen molar-refractivity contribution in [2.45, 2.75) is 33.0 Å². The summed E-state index contributed by atoms with van der Waals surface area (Å²) in [6, 6.07) is 0.364. The second kappa shape index (κ2) is 4.23. The molecule has 2 rings (SSSR count). The Bertz CT molecular complexity index is 355. The molecule has 1 aliphatic rings. The Morgan fingerprint density at radius 3 is 2.73 bits per heavy atom. The van der Waals surface area contributed by atoms with Crippen molar-refractivity contribution in [1.29, 1.82) is 0 Å². The maximum absolute atomic E-state index is 5.76. The van der Waals surface area contributed by atoms with Gasteiger partial charge in [0.05, 0.1) is 15.9 Å². The van der Waals surface area contributed by atoms with E-state index in [-0.39, 0.29) is 0 Å². The van der Waals surface area contributed by atoms with Crippen LogP contribution >= 0.6 is 15.9 Å². The Kier molecular flexibility index (Phi) is 3.13. The van der Waals surface area contributed by atoms with Crippen LogP contribution in [0, 0.1) is 6.92 Å². The van der Waals surface area contributed by atoms with E-state index in [9.17, 15) is 0 Å². The van der Waals surface area contributed by atoms with Crippen LogP contribution in [0.4, 0.5) is 0 Å². The van der Waals surface area contributed by atoms with Gasteiger partial charge in [-0.3, -0.25) is 9.58 Å². The number of aromatic nitrogens is 2. The minimum atomic E-state index is 0.364. The van der Waals surface area contributed by atoms with Crippen LogP contribution in [0.2, 0.25) is 0 Å². The van der Waals surface area contributed by atoms with Crippen LogP contribution in [0.5, 0.6) is 0 Å². The third kappa shape index (κ3) is 2.09. The van der Waals surface area contributed by atoms with Crippen molar-refractivity contribution in [2.24, 2.45) is 5.73 Å². The van der Waals surface area contributed by atoms with Crippen molar-refractivity contribution < 1.29 is 0 Å². The second-order valence-electron chi connectivity index (χ2n) is 4.12. The SMILES string of the molecule is CCn1nc(C)c(Br)c1CN1CC(N)C1. The molecule has 0 amide bonds. The topological polar surface area (TPSA) is 47.1 Å². The summed E-state index contributed by atoms with van der Waals surface area (Å²) in [6.45, 7) is 8.01. The van der Waals surface area contributed by atoms with Crippen molar-refractivity contribution in [2.75, 3.05) is 13.1 Å².